The maximum absolute atomic E-state index is 9.67. The van der Waals surface area contributed by atoms with E-state index < -0.39 is 0 Å². The number of hydrogen-bond donors (Lipinski definition) is 1. The van der Waals surface area contributed by atoms with Crippen LogP contribution in [0.4, 0.5) is 0 Å². The summed E-state index contributed by atoms with van der Waals surface area (Å²) in [5.41, 5.74) is 2.90. The van der Waals surface area contributed by atoms with Gasteiger partial charge in [0.2, 0.25) is 0 Å². The number of pyridine rings is 1. The largest absolute Gasteiger partial charge is 0.507 e. The van der Waals surface area contributed by atoms with Crippen molar-refractivity contribution in [3.63, 3.8) is 0 Å². The van der Waals surface area contributed by atoms with E-state index in [0.717, 1.165) is 22.2 Å². The van der Waals surface area contributed by atoms with Crippen LogP contribution in [0.25, 0.3) is 22.2 Å². The Kier molecular flexibility index (Phi) is 1.94. The van der Waals surface area contributed by atoms with Crippen molar-refractivity contribution in [3.05, 3.63) is 35.1 Å². The lowest BCUT2D eigenvalue weighted by Gasteiger charge is -2.01. The fraction of sp³-hybridized carbons (Fsp3) is 0.0833. The summed E-state index contributed by atoms with van der Waals surface area (Å²) in [6.45, 7) is 0. The van der Waals surface area contributed by atoms with Crippen molar-refractivity contribution < 1.29 is 5.11 Å². The average molecular weight is 277 g/mol. The summed E-state index contributed by atoms with van der Waals surface area (Å²) in [7, 11) is 1.96. The van der Waals surface area contributed by atoms with E-state index in [4.69, 9.17) is 0 Å². The molecule has 0 amide bonds. The molecule has 4 heteroatoms. The van der Waals surface area contributed by atoms with Crippen LogP contribution in [-0.4, -0.2) is 14.7 Å². The van der Waals surface area contributed by atoms with Crippen molar-refractivity contribution in [1.29, 1.82) is 0 Å². The van der Waals surface area contributed by atoms with Crippen LogP contribution in [0.3, 0.4) is 0 Å². The van der Waals surface area contributed by atoms with Crippen LogP contribution < -0.4 is 0 Å². The molecule has 2 aliphatic heterocycles. The highest BCUT2D eigenvalue weighted by Gasteiger charge is 2.13. The van der Waals surface area contributed by atoms with E-state index in [1.54, 1.807) is 6.07 Å². The second-order valence-electron chi connectivity index (χ2n) is 3.84. The molecule has 80 valence electrons. The van der Waals surface area contributed by atoms with Crippen molar-refractivity contribution in [2.75, 3.05) is 0 Å². The van der Waals surface area contributed by atoms with E-state index in [1.165, 1.54) is 0 Å². The molecule has 0 aromatic heterocycles. The Bertz CT molecular complexity index is 660. The maximum atomic E-state index is 9.67. The quantitative estimate of drug-likeness (QED) is 0.685. The molecular weight excluding hydrogens is 268 g/mol. The van der Waals surface area contributed by atoms with Gasteiger partial charge in [-0.2, -0.15) is 0 Å². The van der Waals surface area contributed by atoms with Crippen LogP contribution in [0.5, 0.6) is 5.75 Å². The zero-order valence-electron chi connectivity index (χ0n) is 8.61. The molecular formula is C12H9BrN2O. The first-order valence-corrected chi connectivity index (χ1v) is 5.68. The summed E-state index contributed by atoms with van der Waals surface area (Å²) in [5.74, 6) is 0.245. The van der Waals surface area contributed by atoms with Gasteiger partial charge in [0.05, 0.1) is 15.7 Å². The third kappa shape index (κ3) is 1.30. The predicted octanol–water partition coefficient (Wildman–Crippen LogP) is 3.15. The first-order valence-electron chi connectivity index (χ1n) is 4.89. The first-order chi connectivity index (χ1) is 7.65. The molecule has 0 saturated heterocycles. The highest BCUT2D eigenvalue weighted by Crippen LogP contribution is 2.36. The predicted molar refractivity (Wildman–Crippen MR) is 66.7 cm³/mol. The molecule has 0 spiro atoms. The lowest BCUT2D eigenvalue weighted by molar-refractivity contribution is 0.473. The molecule has 0 bridgehead atoms. The molecule has 0 aliphatic carbocycles. The minimum Gasteiger partial charge on any atom is -0.507 e. The third-order valence-corrected chi connectivity index (χ3v) is 3.31. The minimum atomic E-state index is 0.245. The molecule has 2 aliphatic rings. The van der Waals surface area contributed by atoms with E-state index in [2.05, 4.69) is 20.9 Å². The average Bonchev–Trinajstić information content (AvgIpc) is 2.55. The summed E-state index contributed by atoms with van der Waals surface area (Å²) in [6, 6.07) is 5.59. The smallest absolute Gasteiger partial charge is 0.130 e. The Morgan fingerprint density at radius 2 is 2.19 bits per heavy atom. The summed E-state index contributed by atoms with van der Waals surface area (Å²) < 4.78 is 2.63. The molecule has 1 aromatic carbocycles. The standard InChI is InChI=1S/C12H9BrN2O/c1-15-3-2-7-8-4-12(16)9(13)5-10(8)14-11(7)6-15/h2-6,16H,1H3. The zero-order chi connectivity index (χ0) is 11.3. The Morgan fingerprint density at radius 3 is 3.00 bits per heavy atom. The molecule has 2 heterocycles. The van der Waals surface area contributed by atoms with E-state index in [9.17, 15) is 5.11 Å². The van der Waals surface area contributed by atoms with Gasteiger partial charge >= 0.3 is 0 Å². The number of aromatic nitrogens is 2. The number of benzene rings is 1. The van der Waals surface area contributed by atoms with Crippen LogP contribution in [-0.2, 0) is 7.05 Å². The summed E-state index contributed by atoms with van der Waals surface area (Å²) >= 11 is 3.29. The molecule has 0 radical (unpaired) electrons. The summed E-state index contributed by atoms with van der Waals surface area (Å²) in [4.78, 5) is 4.52. The van der Waals surface area contributed by atoms with Crippen LogP contribution in [0.1, 0.15) is 0 Å². The number of phenols is 1. The second kappa shape index (κ2) is 3.22. The van der Waals surface area contributed by atoms with Gasteiger partial charge in [0.1, 0.15) is 5.75 Å². The van der Waals surface area contributed by atoms with Crippen molar-refractivity contribution in [2.45, 2.75) is 0 Å². The number of aryl methyl sites for hydroxylation is 1. The van der Waals surface area contributed by atoms with Gasteiger partial charge in [-0.05, 0) is 34.1 Å². The van der Waals surface area contributed by atoms with Gasteiger partial charge in [-0.15, -0.1) is 0 Å². The second-order valence-corrected chi connectivity index (χ2v) is 4.70. The first kappa shape index (κ1) is 9.66. The van der Waals surface area contributed by atoms with Gasteiger partial charge in [0, 0.05) is 30.4 Å². The zero-order valence-corrected chi connectivity index (χ0v) is 10.2. The van der Waals surface area contributed by atoms with Gasteiger partial charge in [0.15, 0.2) is 0 Å². The molecule has 1 aromatic rings. The summed E-state index contributed by atoms with van der Waals surface area (Å²) in [6.07, 6.45) is 3.95. The molecule has 0 atom stereocenters. The fourth-order valence-corrected chi connectivity index (χ4v) is 2.22. The highest BCUT2D eigenvalue weighted by molar-refractivity contribution is 9.10. The molecule has 1 N–H and O–H groups in total. The van der Waals surface area contributed by atoms with Crippen molar-refractivity contribution in [1.82, 2.24) is 9.55 Å². The number of fused-ring (bicyclic) bond motifs is 3. The molecule has 0 saturated carbocycles. The number of hydrogen-bond acceptors (Lipinski definition) is 2. The van der Waals surface area contributed by atoms with Gasteiger partial charge in [-0.1, -0.05) is 0 Å². The Hall–Kier alpha value is -1.55. The van der Waals surface area contributed by atoms with E-state index in [-0.39, 0.29) is 5.75 Å². The van der Waals surface area contributed by atoms with Gasteiger partial charge in [0.25, 0.3) is 0 Å². The van der Waals surface area contributed by atoms with Crippen molar-refractivity contribution in [3.8, 4) is 17.0 Å². The fourth-order valence-electron chi connectivity index (χ4n) is 1.89. The van der Waals surface area contributed by atoms with Gasteiger partial charge in [-0.3, -0.25) is 0 Å². The van der Waals surface area contributed by atoms with Crippen LogP contribution in [0, 0.1) is 0 Å². The minimum absolute atomic E-state index is 0.245. The normalized spacial score (nSPS) is 11.4. The molecule has 0 unspecified atom stereocenters. The SMILES string of the molecule is Cn1ccc2c3cc(O)c(Br)cc3nc-2c1. The topological polar surface area (TPSA) is 38.0 Å². The Balaban J connectivity index is 2.46. The number of aromatic hydroxyl groups is 1. The number of nitrogens with zero attached hydrogens (tertiary/aromatic N) is 2. The van der Waals surface area contributed by atoms with Gasteiger partial charge in [-0.25, -0.2) is 4.98 Å². The number of rotatable bonds is 0. The third-order valence-electron chi connectivity index (χ3n) is 2.67. The molecule has 3 nitrogen and oxygen atoms in total. The monoisotopic (exact) mass is 276 g/mol. The van der Waals surface area contributed by atoms with Crippen LogP contribution in [0.15, 0.2) is 35.1 Å². The highest BCUT2D eigenvalue weighted by atomic mass is 79.9. The van der Waals surface area contributed by atoms with E-state index >= 15 is 0 Å². The molecule has 0 fully saturated rings. The van der Waals surface area contributed by atoms with Crippen LogP contribution in [0.2, 0.25) is 0 Å². The van der Waals surface area contributed by atoms with Gasteiger partial charge < -0.3 is 9.67 Å². The summed E-state index contributed by atoms with van der Waals surface area (Å²) in [5, 5.41) is 10.7. The van der Waals surface area contributed by atoms with Crippen LogP contribution >= 0.6 is 15.9 Å². The Morgan fingerprint density at radius 1 is 1.38 bits per heavy atom. The lowest BCUT2D eigenvalue weighted by Crippen LogP contribution is -1.89. The van der Waals surface area contributed by atoms with Crippen molar-refractivity contribution in [2.24, 2.45) is 7.05 Å². The maximum Gasteiger partial charge on any atom is 0.130 e. The van der Waals surface area contributed by atoms with E-state index in [1.807, 2.05) is 36.1 Å². The number of halogens is 1. The van der Waals surface area contributed by atoms with E-state index in [0.29, 0.717) is 4.47 Å². The molecule has 16 heavy (non-hydrogen) atoms. The lowest BCUT2D eigenvalue weighted by atomic mass is 10.1. The molecule has 3 rings (SSSR count). The van der Waals surface area contributed by atoms with Crippen molar-refractivity contribution >= 4 is 26.8 Å². The number of phenolic OH excluding ortho intramolecular Hbond substituents is 1. The Labute approximate surface area is 101 Å².